The molecule has 1 amide bonds. The summed E-state index contributed by atoms with van der Waals surface area (Å²) in [5, 5.41) is 5.53. The van der Waals surface area contributed by atoms with E-state index in [0.29, 0.717) is 6.54 Å². The van der Waals surface area contributed by atoms with Crippen molar-refractivity contribution in [2.75, 3.05) is 12.3 Å². The van der Waals surface area contributed by atoms with E-state index in [1.54, 1.807) is 11.8 Å². The van der Waals surface area contributed by atoms with Crippen molar-refractivity contribution in [3.63, 3.8) is 0 Å². The van der Waals surface area contributed by atoms with E-state index in [1.165, 1.54) is 11.3 Å². The molecule has 0 aliphatic heterocycles. The van der Waals surface area contributed by atoms with Crippen molar-refractivity contribution in [2.24, 2.45) is 0 Å². The average Bonchev–Trinajstić information content (AvgIpc) is 2.90. The quantitative estimate of drug-likeness (QED) is 0.669. The summed E-state index contributed by atoms with van der Waals surface area (Å²) >= 11 is 8.96. The first-order valence-electron chi connectivity index (χ1n) is 5.46. The summed E-state index contributed by atoms with van der Waals surface area (Å²) in [5.41, 5.74) is 0. The summed E-state index contributed by atoms with van der Waals surface area (Å²) in [6.45, 7) is 0.657. The van der Waals surface area contributed by atoms with Gasteiger partial charge in [-0.15, -0.1) is 23.1 Å². The molecule has 0 spiro atoms. The van der Waals surface area contributed by atoms with E-state index in [2.05, 4.69) is 5.32 Å². The SMILES string of the molecule is O=C(NCCSc1ccc(Cl)cc1)c1cccs1. The molecule has 1 aromatic heterocycles. The Balaban J connectivity index is 1.70. The summed E-state index contributed by atoms with van der Waals surface area (Å²) in [6.07, 6.45) is 0. The minimum atomic E-state index is 0.00158. The summed E-state index contributed by atoms with van der Waals surface area (Å²) in [6, 6.07) is 11.4. The van der Waals surface area contributed by atoms with Gasteiger partial charge < -0.3 is 5.32 Å². The van der Waals surface area contributed by atoms with Crippen molar-refractivity contribution in [1.29, 1.82) is 0 Å². The number of rotatable bonds is 5. The van der Waals surface area contributed by atoms with Crippen LogP contribution < -0.4 is 5.32 Å². The fourth-order valence-electron chi connectivity index (χ4n) is 1.36. The van der Waals surface area contributed by atoms with Gasteiger partial charge in [-0.2, -0.15) is 0 Å². The Morgan fingerprint density at radius 2 is 2.06 bits per heavy atom. The van der Waals surface area contributed by atoms with Crippen molar-refractivity contribution in [2.45, 2.75) is 4.90 Å². The summed E-state index contributed by atoms with van der Waals surface area (Å²) in [5.74, 6) is 0.848. The van der Waals surface area contributed by atoms with Gasteiger partial charge in [0.2, 0.25) is 0 Å². The maximum atomic E-state index is 11.6. The topological polar surface area (TPSA) is 29.1 Å². The third kappa shape index (κ3) is 4.05. The van der Waals surface area contributed by atoms with Gasteiger partial charge >= 0.3 is 0 Å². The first-order chi connectivity index (χ1) is 8.75. The first-order valence-corrected chi connectivity index (χ1v) is 7.70. The first kappa shape index (κ1) is 13.5. The number of thioether (sulfide) groups is 1. The second-order valence-corrected chi connectivity index (χ2v) is 6.09. The Labute approximate surface area is 119 Å². The smallest absolute Gasteiger partial charge is 0.261 e. The average molecular weight is 298 g/mol. The molecule has 1 heterocycles. The predicted molar refractivity (Wildman–Crippen MR) is 78.8 cm³/mol. The molecule has 0 aliphatic carbocycles. The molecule has 2 rings (SSSR count). The predicted octanol–water partition coefficient (Wildman–Crippen LogP) is 3.92. The van der Waals surface area contributed by atoms with E-state index < -0.39 is 0 Å². The standard InChI is InChI=1S/C13H12ClNOS2/c14-10-3-5-11(6-4-10)17-9-7-15-13(16)12-2-1-8-18-12/h1-6,8H,7,9H2,(H,15,16). The molecule has 2 aromatic rings. The molecule has 94 valence electrons. The molecule has 5 heteroatoms. The molecule has 1 N–H and O–H groups in total. The molecule has 0 radical (unpaired) electrons. The largest absolute Gasteiger partial charge is 0.350 e. The number of hydrogen-bond acceptors (Lipinski definition) is 3. The van der Waals surface area contributed by atoms with Crippen molar-refractivity contribution in [3.8, 4) is 0 Å². The lowest BCUT2D eigenvalue weighted by molar-refractivity contribution is 0.0960. The zero-order valence-electron chi connectivity index (χ0n) is 9.56. The molecule has 0 unspecified atom stereocenters. The molecule has 18 heavy (non-hydrogen) atoms. The zero-order valence-corrected chi connectivity index (χ0v) is 11.9. The van der Waals surface area contributed by atoms with Gasteiger partial charge in [-0.05, 0) is 35.7 Å². The van der Waals surface area contributed by atoms with Crippen molar-refractivity contribution in [1.82, 2.24) is 5.32 Å². The van der Waals surface area contributed by atoms with Crippen LogP contribution in [0.3, 0.4) is 0 Å². The van der Waals surface area contributed by atoms with E-state index in [0.717, 1.165) is 20.5 Å². The Hall–Kier alpha value is -0.970. The van der Waals surface area contributed by atoms with E-state index >= 15 is 0 Å². The van der Waals surface area contributed by atoms with E-state index in [1.807, 2.05) is 41.8 Å². The highest BCUT2D eigenvalue weighted by Gasteiger charge is 2.04. The van der Waals surface area contributed by atoms with Crippen molar-refractivity contribution >= 4 is 40.6 Å². The number of carbonyl (C=O) groups is 1. The molecule has 2 nitrogen and oxygen atoms in total. The van der Waals surface area contributed by atoms with E-state index in [4.69, 9.17) is 11.6 Å². The maximum absolute atomic E-state index is 11.6. The number of benzene rings is 1. The molecular weight excluding hydrogens is 286 g/mol. The summed E-state index contributed by atoms with van der Waals surface area (Å²) in [7, 11) is 0. The van der Waals surface area contributed by atoms with E-state index in [-0.39, 0.29) is 5.91 Å². The monoisotopic (exact) mass is 297 g/mol. The van der Waals surface area contributed by atoms with Gasteiger partial charge in [-0.1, -0.05) is 17.7 Å². The van der Waals surface area contributed by atoms with Crippen LogP contribution in [0.25, 0.3) is 0 Å². The van der Waals surface area contributed by atoms with Crippen LogP contribution in [-0.4, -0.2) is 18.2 Å². The second-order valence-electron chi connectivity index (χ2n) is 3.54. The highest BCUT2D eigenvalue weighted by molar-refractivity contribution is 7.99. The van der Waals surface area contributed by atoms with Crippen LogP contribution in [0.15, 0.2) is 46.7 Å². The highest BCUT2D eigenvalue weighted by atomic mass is 35.5. The number of nitrogens with one attached hydrogen (secondary N) is 1. The number of halogens is 1. The normalized spacial score (nSPS) is 10.3. The fourth-order valence-corrected chi connectivity index (χ4v) is 2.89. The van der Waals surface area contributed by atoms with Gasteiger partial charge in [-0.25, -0.2) is 0 Å². The van der Waals surface area contributed by atoms with E-state index in [9.17, 15) is 4.79 Å². The molecule has 0 atom stereocenters. The van der Waals surface area contributed by atoms with Gasteiger partial charge in [0, 0.05) is 22.2 Å². The van der Waals surface area contributed by atoms with Crippen LogP contribution in [0.2, 0.25) is 5.02 Å². The lowest BCUT2D eigenvalue weighted by atomic mass is 10.4. The van der Waals surface area contributed by atoms with Gasteiger partial charge in [0.1, 0.15) is 0 Å². The third-order valence-electron chi connectivity index (χ3n) is 2.21. The van der Waals surface area contributed by atoms with Crippen LogP contribution in [0, 0.1) is 0 Å². The Bertz CT molecular complexity index is 496. The van der Waals surface area contributed by atoms with Gasteiger partial charge in [0.15, 0.2) is 0 Å². The Morgan fingerprint density at radius 3 is 2.72 bits per heavy atom. The maximum Gasteiger partial charge on any atom is 0.261 e. The van der Waals surface area contributed by atoms with Crippen LogP contribution in [0.1, 0.15) is 9.67 Å². The van der Waals surface area contributed by atoms with Crippen LogP contribution >= 0.6 is 34.7 Å². The molecule has 0 saturated carbocycles. The molecular formula is C13H12ClNOS2. The molecule has 0 saturated heterocycles. The summed E-state index contributed by atoms with van der Waals surface area (Å²) < 4.78 is 0. The third-order valence-corrected chi connectivity index (χ3v) is 4.35. The van der Waals surface area contributed by atoms with Crippen molar-refractivity contribution in [3.05, 3.63) is 51.7 Å². The molecule has 0 bridgehead atoms. The van der Waals surface area contributed by atoms with Gasteiger partial charge in [-0.3, -0.25) is 4.79 Å². The lowest BCUT2D eigenvalue weighted by Crippen LogP contribution is -2.24. The van der Waals surface area contributed by atoms with Gasteiger partial charge in [0.25, 0.3) is 5.91 Å². The molecule has 0 aliphatic rings. The number of amides is 1. The number of carbonyl (C=O) groups excluding carboxylic acids is 1. The van der Waals surface area contributed by atoms with Crippen LogP contribution in [0.4, 0.5) is 0 Å². The minimum Gasteiger partial charge on any atom is -0.350 e. The van der Waals surface area contributed by atoms with Gasteiger partial charge in [0.05, 0.1) is 4.88 Å². The van der Waals surface area contributed by atoms with Crippen LogP contribution in [-0.2, 0) is 0 Å². The molecule has 0 fully saturated rings. The zero-order chi connectivity index (χ0) is 12.8. The Kier molecular flexibility index (Phi) is 5.11. The Morgan fingerprint density at radius 1 is 1.28 bits per heavy atom. The van der Waals surface area contributed by atoms with Crippen LogP contribution in [0.5, 0.6) is 0 Å². The fraction of sp³-hybridized carbons (Fsp3) is 0.154. The molecule has 1 aromatic carbocycles. The van der Waals surface area contributed by atoms with Crippen molar-refractivity contribution < 1.29 is 4.79 Å². The summed E-state index contributed by atoms with van der Waals surface area (Å²) in [4.78, 5) is 13.5. The minimum absolute atomic E-state index is 0.00158. The highest BCUT2D eigenvalue weighted by Crippen LogP contribution is 2.19. The number of thiophene rings is 1. The second kappa shape index (κ2) is 6.83. The lowest BCUT2D eigenvalue weighted by Gasteiger charge is -2.04. The number of hydrogen-bond donors (Lipinski definition) is 1.